The van der Waals surface area contributed by atoms with E-state index >= 15 is 0 Å². The molecule has 7 heteroatoms. The Labute approximate surface area is 175 Å². The molecule has 152 valence electrons. The maximum atomic E-state index is 13.0. The van der Waals surface area contributed by atoms with Crippen LogP contribution >= 0.6 is 11.3 Å². The summed E-state index contributed by atoms with van der Waals surface area (Å²) in [6, 6.07) is 9.96. The van der Waals surface area contributed by atoms with Gasteiger partial charge >= 0.3 is 0 Å². The van der Waals surface area contributed by atoms with Crippen molar-refractivity contribution >= 4 is 34.1 Å². The summed E-state index contributed by atoms with van der Waals surface area (Å²) in [6.07, 6.45) is 1.87. The lowest BCUT2D eigenvalue weighted by molar-refractivity contribution is -0.135. The SMILES string of the molecule is COc1ccc2c(C)nc(N3CCCC(C(=O)N(C)Cc4cccs4)C3)nc2c1. The van der Waals surface area contributed by atoms with Crippen molar-refractivity contribution in [1.29, 1.82) is 0 Å². The molecule has 0 radical (unpaired) electrons. The van der Waals surface area contributed by atoms with Crippen LogP contribution in [0.2, 0.25) is 0 Å². The largest absolute Gasteiger partial charge is 0.497 e. The lowest BCUT2D eigenvalue weighted by Crippen LogP contribution is -2.44. The maximum absolute atomic E-state index is 13.0. The zero-order valence-electron chi connectivity index (χ0n) is 17.1. The normalized spacial score (nSPS) is 16.8. The van der Waals surface area contributed by atoms with E-state index < -0.39 is 0 Å². The summed E-state index contributed by atoms with van der Waals surface area (Å²) in [5.41, 5.74) is 1.81. The molecule has 0 spiro atoms. The van der Waals surface area contributed by atoms with Gasteiger partial charge in [0.05, 0.1) is 30.8 Å². The third-order valence-electron chi connectivity index (χ3n) is 5.49. The fourth-order valence-electron chi connectivity index (χ4n) is 3.91. The number of piperidine rings is 1. The predicted octanol–water partition coefficient (Wildman–Crippen LogP) is 3.88. The van der Waals surface area contributed by atoms with Gasteiger partial charge in [0.2, 0.25) is 11.9 Å². The van der Waals surface area contributed by atoms with Gasteiger partial charge in [-0.1, -0.05) is 6.07 Å². The highest BCUT2D eigenvalue weighted by Gasteiger charge is 2.29. The van der Waals surface area contributed by atoms with Crippen molar-refractivity contribution in [1.82, 2.24) is 14.9 Å². The molecule has 0 saturated carbocycles. The number of anilines is 1. The first-order valence-corrected chi connectivity index (χ1v) is 10.8. The van der Waals surface area contributed by atoms with Crippen molar-refractivity contribution in [2.75, 3.05) is 32.1 Å². The number of fused-ring (bicyclic) bond motifs is 1. The standard InChI is InChI=1S/C22H26N4O2S/c1-15-19-9-8-17(28-3)12-20(19)24-22(23-15)26-10-4-6-16(13-26)21(27)25(2)14-18-7-5-11-29-18/h5,7-9,11-12,16H,4,6,10,13-14H2,1-3H3. The number of carbonyl (C=O) groups is 1. The second-order valence-electron chi connectivity index (χ2n) is 7.55. The molecule has 29 heavy (non-hydrogen) atoms. The second-order valence-corrected chi connectivity index (χ2v) is 8.58. The minimum absolute atomic E-state index is 0.0291. The molecule has 1 fully saturated rings. The topological polar surface area (TPSA) is 58.6 Å². The van der Waals surface area contributed by atoms with Gasteiger partial charge in [-0.05, 0) is 43.3 Å². The van der Waals surface area contributed by atoms with E-state index in [-0.39, 0.29) is 11.8 Å². The van der Waals surface area contributed by atoms with Gasteiger partial charge < -0.3 is 14.5 Å². The molecular formula is C22H26N4O2S. The summed E-state index contributed by atoms with van der Waals surface area (Å²) >= 11 is 1.68. The predicted molar refractivity (Wildman–Crippen MR) is 117 cm³/mol. The number of amides is 1. The third kappa shape index (κ3) is 4.19. The van der Waals surface area contributed by atoms with Gasteiger partial charge in [-0.15, -0.1) is 11.3 Å². The third-order valence-corrected chi connectivity index (χ3v) is 6.35. The lowest BCUT2D eigenvalue weighted by Gasteiger charge is -2.34. The van der Waals surface area contributed by atoms with E-state index in [0.717, 1.165) is 41.7 Å². The van der Waals surface area contributed by atoms with Crippen LogP contribution in [-0.2, 0) is 11.3 Å². The Morgan fingerprint density at radius 1 is 1.34 bits per heavy atom. The van der Waals surface area contributed by atoms with Gasteiger partial charge in [0.25, 0.3) is 0 Å². The van der Waals surface area contributed by atoms with Gasteiger partial charge in [0, 0.05) is 36.5 Å². The van der Waals surface area contributed by atoms with E-state index in [4.69, 9.17) is 14.7 Å². The molecule has 4 rings (SSSR count). The first kappa shape index (κ1) is 19.6. The van der Waals surface area contributed by atoms with Gasteiger partial charge in [-0.3, -0.25) is 4.79 Å². The van der Waals surface area contributed by atoms with Crippen LogP contribution < -0.4 is 9.64 Å². The molecule has 1 aromatic carbocycles. The summed E-state index contributed by atoms with van der Waals surface area (Å²) in [5.74, 6) is 1.64. The monoisotopic (exact) mass is 410 g/mol. The van der Waals surface area contributed by atoms with Gasteiger partial charge in [-0.25, -0.2) is 9.97 Å². The molecule has 0 bridgehead atoms. The van der Waals surface area contributed by atoms with Crippen LogP contribution in [-0.4, -0.2) is 48.0 Å². The van der Waals surface area contributed by atoms with Gasteiger partial charge in [-0.2, -0.15) is 0 Å². The summed E-state index contributed by atoms with van der Waals surface area (Å²) in [5, 5.41) is 3.07. The average molecular weight is 411 g/mol. The number of rotatable bonds is 5. The Balaban J connectivity index is 1.52. The van der Waals surface area contributed by atoms with E-state index in [1.165, 1.54) is 4.88 Å². The van der Waals surface area contributed by atoms with Crippen molar-refractivity contribution in [3.63, 3.8) is 0 Å². The summed E-state index contributed by atoms with van der Waals surface area (Å²) in [7, 11) is 3.55. The van der Waals surface area contributed by atoms with Crippen LogP contribution in [0.4, 0.5) is 5.95 Å². The number of nitrogens with zero attached hydrogens (tertiary/aromatic N) is 4. The zero-order chi connectivity index (χ0) is 20.4. The highest BCUT2D eigenvalue weighted by Crippen LogP contribution is 2.27. The van der Waals surface area contributed by atoms with E-state index in [1.54, 1.807) is 18.4 Å². The molecule has 3 aromatic rings. The Morgan fingerprint density at radius 2 is 2.21 bits per heavy atom. The number of carbonyl (C=O) groups excluding carboxylic acids is 1. The van der Waals surface area contributed by atoms with Crippen LogP contribution in [0, 0.1) is 12.8 Å². The number of methoxy groups -OCH3 is 1. The smallest absolute Gasteiger partial charge is 0.227 e. The Morgan fingerprint density at radius 3 is 2.97 bits per heavy atom. The number of aryl methyl sites for hydroxylation is 1. The molecule has 1 amide bonds. The number of hydrogen-bond acceptors (Lipinski definition) is 6. The first-order chi connectivity index (χ1) is 14.0. The van der Waals surface area contributed by atoms with Crippen LogP contribution in [0.3, 0.4) is 0 Å². The molecule has 1 atom stereocenters. The molecule has 2 aromatic heterocycles. The number of thiophene rings is 1. The molecule has 1 saturated heterocycles. The Kier molecular flexibility index (Phi) is 5.67. The highest BCUT2D eigenvalue weighted by molar-refractivity contribution is 7.09. The molecule has 1 unspecified atom stereocenters. The molecule has 0 N–H and O–H groups in total. The number of aromatic nitrogens is 2. The molecular weight excluding hydrogens is 384 g/mol. The second kappa shape index (κ2) is 8.37. The van der Waals surface area contributed by atoms with E-state index in [1.807, 2.05) is 48.5 Å². The summed E-state index contributed by atoms with van der Waals surface area (Å²) < 4.78 is 5.34. The molecule has 3 heterocycles. The highest BCUT2D eigenvalue weighted by atomic mass is 32.1. The number of hydrogen-bond donors (Lipinski definition) is 0. The Bertz CT molecular complexity index is 1010. The van der Waals surface area contributed by atoms with E-state index in [9.17, 15) is 4.79 Å². The van der Waals surface area contributed by atoms with Gasteiger partial charge in [0.15, 0.2) is 0 Å². The fourth-order valence-corrected chi connectivity index (χ4v) is 4.66. The van der Waals surface area contributed by atoms with Crippen molar-refractivity contribution < 1.29 is 9.53 Å². The van der Waals surface area contributed by atoms with Crippen LogP contribution in [0.5, 0.6) is 5.75 Å². The quantitative estimate of drug-likeness (QED) is 0.639. The van der Waals surface area contributed by atoms with Crippen molar-refractivity contribution in [3.05, 3.63) is 46.3 Å². The number of ether oxygens (including phenoxy) is 1. The Hall–Kier alpha value is -2.67. The maximum Gasteiger partial charge on any atom is 0.227 e. The minimum atomic E-state index is -0.0291. The molecule has 1 aliphatic heterocycles. The molecule has 6 nitrogen and oxygen atoms in total. The van der Waals surface area contributed by atoms with Crippen molar-refractivity contribution in [3.8, 4) is 5.75 Å². The first-order valence-electron chi connectivity index (χ1n) is 9.90. The van der Waals surface area contributed by atoms with Crippen molar-refractivity contribution in [2.45, 2.75) is 26.3 Å². The van der Waals surface area contributed by atoms with Crippen LogP contribution in [0.1, 0.15) is 23.4 Å². The fraction of sp³-hybridized carbons (Fsp3) is 0.409. The molecule has 1 aliphatic rings. The average Bonchev–Trinajstić information content (AvgIpc) is 3.25. The van der Waals surface area contributed by atoms with Crippen LogP contribution in [0.25, 0.3) is 10.9 Å². The van der Waals surface area contributed by atoms with Crippen LogP contribution in [0.15, 0.2) is 35.7 Å². The molecule has 0 aliphatic carbocycles. The lowest BCUT2D eigenvalue weighted by atomic mass is 9.97. The van der Waals surface area contributed by atoms with Gasteiger partial charge in [0.1, 0.15) is 5.75 Å². The van der Waals surface area contributed by atoms with E-state index in [0.29, 0.717) is 19.0 Å². The summed E-state index contributed by atoms with van der Waals surface area (Å²) in [6.45, 7) is 4.19. The zero-order valence-corrected chi connectivity index (χ0v) is 17.9. The minimum Gasteiger partial charge on any atom is -0.497 e. The summed E-state index contributed by atoms with van der Waals surface area (Å²) in [4.78, 5) is 27.7. The number of benzene rings is 1. The van der Waals surface area contributed by atoms with Crippen molar-refractivity contribution in [2.24, 2.45) is 5.92 Å². The van der Waals surface area contributed by atoms with E-state index in [2.05, 4.69) is 11.0 Å².